The number of rotatable bonds is 5. The van der Waals surface area contributed by atoms with Gasteiger partial charge in [-0.1, -0.05) is 18.2 Å². The molecule has 1 amide bonds. The molecule has 154 valence electrons. The number of para-hydroxylation sites is 1. The van der Waals surface area contributed by atoms with Crippen LogP contribution in [0, 0.1) is 5.92 Å². The van der Waals surface area contributed by atoms with Crippen molar-refractivity contribution in [3.8, 4) is 0 Å². The zero-order valence-electron chi connectivity index (χ0n) is 17.4. The highest BCUT2D eigenvalue weighted by Crippen LogP contribution is 2.25. The fraction of sp³-hybridized carbons (Fsp3) is 0.500. The second-order valence-electron chi connectivity index (χ2n) is 8.17. The minimum absolute atomic E-state index is 0.0167. The minimum atomic E-state index is -0.0167. The van der Waals surface area contributed by atoms with Gasteiger partial charge in [0.2, 0.25) is 0 Å². The first-order chi connectivity index (χ1) is 14.1. The highest BCUT2D eigenvalue weighted by atomic mass is 16.2. The Balaban J connectivity index is 1.36. The molecule has 0 bridgehead atoms. The molecule has 3 heterocycles. The van der Waals surface area contributed by atoms with Gasteiger partial charge < -0.3 is 19.6 Å². The average Bonchev–Trinajstić information content (AvgIpc) is 3.23. The van der Waals surface area contributed by atoms with Crippen molar-refractivity contribution in [3.63, 3.8) is 0 Å². The van der Waals surface area contributed by atoms with Crippen LogP contribution in [0.4, 0.5) is 11.5 Å². The minimum Gasteiger partial charge on any atom is -0.371 e. The molecular formula is C22H30N6O. The molecule has 0 radical (unpaired) electrons. The van der Waals surface area contributed by atoms with Gasteiger partial charge in [-0.3, -0.25) is 9.78 Å². The summed E-state index contributed by atoms with van der Waals surface area (Å²) in [5, 5.41) is 0. The van der Waals surface area contributed by atoms with Crippen LogP contribution in [0.15, 0.2) is 42.7 Å². The molecule has 2 fully saturated rings. The van der Waals surface area contributed by atoms with Crippen molar-refractivity contribution < 1.29 is 4.79 Å². The Morgan fingerprint density at radius 2 is 1.86 bits per heavy atom. The molecule has 0 spiro atoms. The molecule has 4 rings (SSSR count). The predicted molar refractivity (Wildman–Crippen MR) is 115 cm³/mol. The van der Waals surface area contributed by atoms with Crippen molar-refractivity contribution in [1.82, 2.24) is 19.8 Å². The number of hydrogen-bond acceptors (Lipinski definition) is 6. The summed E-state index contributed by atoms with van der Waals surface area (Å²) in [6, 6.07) is 10.6. The van der Waals surface area contributed by atoms with Crippen molar-refractivity contribution in [1.29, 1.82) is 0 Å². The third-order valence-electron chi connectivity index (χ3n) is 5.96. The maximum Gasteiger partial charge on any atom is 0.274 e. The number of carbonyl (C=O) groups excluding carboxylic acids is 1. The molecule has 2 aliphatic rings. The number of benzene rings is 1. The Labute approximate surface area is 172 Å². The Morgan fingerprint density at radius 3 is 2.62 bits per heavy atom. The fourth-order valence-corrected chi connectivity index (χ4v) is 4.15. The van der Waals surface area contributed by atoms with Gasteiger partial charge in [-0.2, -0.15) is 0 Å². The Hall–Kier alpha value is -2.67. The quantitative estimate of drug-likeness (QED) is 0.771. The Bertz CT molecular complexity index is 821. The number of amides is 1. The molecule has 29 heavy (non-hydrogen) atoms. The second kappa shape index (κ2) is 8.78. The summed E-state index contributed by atoms with van der Waals surface area (Å²) in [5.74, 6) is 1.32. The van der Waals surface area contributed by atoms with Crippen LogP contribution in [0.2, 0.25) is 0 Å². The van der Waals surface area contributed by atoms with Crippen LogP contribution in [-0.4, -0.2) is 85.6 Å². The first-order valence-corrected chi connectivity index (χ1v) is 10.4. The largest absolute Gasteiger partial charge is 0.371 e. The van der Waals surface area contributed by atoms with Gasteiger partial charge in [-0.25, -0.2) is 4.98 Å². The molecule has 0 saturated carbocycles. The van der Waals surface area contributed by atoms with E-state index in [9.17, 15) is 4.79 Å². The molecule has 2 aliphatic heterocycles. The van der Waals surface area contributed by atoms with Gasteiger partial charge in [0, 0.05) is 58.5 Å². The van der Waals surface area contributed by atoms with E-state index in [2.05, 4.69) is 62.0 Å². The average molecular weight is 395 g/mol. The summed E-state index contributed by atoms with van der Waals surface area (Å²) in [6.45, 7) is 6.32. The van der Waals surface area contributed by atoms with Crippen molar-refractivity contribution in [3.05, 3.63) is 48.4 Å². The molecular weight excluding hydrogens is 364 g/mol. The van der Waals surface area contributed by atoms with E-state index >= 15 is 0 Å². The van der Waals surface area contributed by atoms with E-state index < -0.39 is 0 Å². The van der Waals surface area contributed by atoms with E-state index in [1.54, 1.807) is 12.4 Å². The number of anilines is 2. The van der Waals surface area contributed by atoms with Crippen LogP contribution in [-0.2, 0) is 0 Å². The third-order valence-corrected chi connectivity index (χ3v) is 5.96. The van der Waals surface area contributed by atoms with Gasteiger partial charge in [0.1, 0.15) is 11.5 Å². The molecule has 7 heteroatoms. The lowest BCUT2D eigenvalue weighted by molar-refractivity contribution is 0.0658. The first kappa shape index (κ1) is 19.6. The predicted octanol–water partition coefficient (Wildman–Crippen LogP) is 1.83. The lowest BCUT2D eigenvalue weighted by Crippen LogP contribution is -2.47. The lowest BCUT2D eigenvalue weighted by Gasteiger charge is -2.32. The summed E-state index contributed by atoms with van der Waals surface area (Å²) in [6.07, 6.45) is 4.50. The fourth-order valence-electron chi connectivity index (χ4n) is 4.15. The highest BCUT2D eigenvalue weighted by Gasteiger charge is 2.25. The van der Waals surface area contributed by atoms with E-state index in [1.807, 2.05) is 11.9 Å². The second-order valence-corrected chi connectivity index (χ2v) is 8.17. The number of nitrogens with zero attached hydrogens (tertiary/aromatic N) is 6. The molecule has 1 aromatic carbocycles. The topological polar surface area (TPSA) is 55.8 Å². The summed E-state index contributed by atoms with van der Waals surface area (Å²) in [4.78, 5) is 30.4. The zero-order valence-corrected chi connectivity index (χ0v) is 17.4. The SMILES string of the molecule is CN1CCN(C(=O)c2cncc(N(C)CC3CCN(c4ccccc4)C3)n2)CC1. The summed E-state index contributed by atoms with van der Waals surface area (Å²) < 4.78 is 0. The summed E-state index contributed by atoms with van der Waals surface area (Å²) in [5.41, 5.74) is 1.73. The molecule has 2 saturated heterocycles. The van der Waals surface area contributed by atoms with Crippen molar-refractivity contribution in [2.24, 2.45) is 5.92 Å². The molecule has 7 nitrogen and oxygen atoms in total. The van der Waals surface area contributed by atoms with Crippen LogP contribution in [0.3, 0.4) is 0 Å². The van der Waals surface area contributed by atoms with Gasteiger partial charge in [0.25, 0.3) is 5.91 Å². The maximum absolute atomic E-state index is 12.8. The van der Waals surface area contributed by atoms with Crippen LogP contribution in [0.25, 0.3) is 0 Å². The van der Waals surface area contributed by atoms with Gasteiger partial charge in [-0.15, -0.1) is 0 Å². The van der Waals surface area contributed by atoms with E-state index in [4.69, 9.17) is 0 Å². The van der Waals surface area contributed by atoms with Crippen LogP contribution < -0.4 is 9.80 Å². The van der Waals surface area contributed by atoms with Crippen LogP contribution in [0.5, 0.6) is 0 Å². The van der Waals surface area contributed by atoms with E-state index in [-0.39, 0.29) is 5.91 Å². The normalized spacial score (nSPS) is 20.1. The monoisotopic (exact) mass is 394 g/mol. The zero-order chi connectivity index (χ0) is 20.2. The third kappa shape index (κ3) is 4.67. The van der Waals surface area contributed by atoms with E-state index in [1.165, 1.54) is 5.69 Å². The smallest absolute Gasteiger partial charge is 0.274 e. The summed E-state index contributed by atoms with van der Waals surface area (Å²) in [7, 11) is 4.12. The molecule has 1 atom stereocenters. The number of aromatic nitrogens is 2. The maximum atomic E-state index is 12.8. The van der Waals surface area contributed by atoms with Crippen LogP contribution in [0.1, 0.15) is 16.9 Å². The van der Waals surface area contributed by atoms with E-state index in [0.717, 1.165) is 58.1 Å². The first-order valence-electron chi connectivity index (χ1n) is 10.4. The Morgan fingerprint density at radius 1 is 1.10 bits per heavy atom. The number of carbonyl (C=O) groups is 1. The molecule has 1 unspecified atom stereocenters. The molecule has 0 N–H and O–H groups in total. The van der Waals surface area contributed by atoms with Crippen LogP contribution >= 0.6 is 0 Å². The van der Waals surface area contributed by atoms with Crippen molar-refractivity contribution in [2.75, 3.05) is 69.7 Å². The van der Waals surface area contributed by atoms with Gasteiger partial charge in [0.15, 0.2) is 0 Å². The van der Waals surface area contributed by atoms with Gasteiger partial charge in [-0.05, 0) is 31.5 Å². The number of piperazine rings is 1. The Kier molecular flexibility index (Phi) is 5.94. The van der Waals surface area contributed by atoms with E-state index in [0.29, 0.717) is 11.6 Å². The molecule has 2 aromatic rings. The standard InChI is InChI=1S/C22H30N6O/c1-25-10-12-27(13-11-25)22(29)20-14-23-15-21(24-20)26(2)16-18-8-9-28(17-18)19-6-4-3-5-7-19/h3-7,14-15,18H,8-13,16-17H2,1-2H3. The number of hydrogen-bond donors (Lipinski definition) is 0. The lowest BCUT2D eigenvalue weighted by atomic mass is 10.1. The highest BCUT2D eigenvalue weighted by molar-refractivity contribution is 5.92. The van der Waals surface area contributed by atoms with Gasteiger partial charge in [0.05, 0.1) is 12.4 Å². The van der Waals surface area contributed by atoms with Crippen molar-refractivity contribution in [2.45, 2.75) is 6.42 Å². The van der Waals surface area contributed by atoms with Gasteiger partial charge >= 0.3 is 0 Å². The van der Waals surface area contributed by atoms with Crippen molar-refractivity contribution >= 4 is 17.4 Å². The summed E-state index contributed by atoms with van der Waals surface area (Å²) >= 11 is 0. The molecule has 1 aromatic heterocycles. The number of likely N-dealkylation sites (N-methyl/N-ethyl adjacent to an activating group) is 1. The molecule has 0 aliphatic carbocycles.